The highest BCUT2D eigenvalue weighted by atomic mass is 16.2. The number of carbonyl (C=O) groups excluding carboxylic acids is 3. The van der Waals surface area contributed by atoms with Gasteiger partial charge in [0.1, 0.15) is 0 Å². The van der Waals surface area contributed by atoms with Crippen LogP contribution in [-0.2, 0) is 4.79 Å². The first kappa shape index (κ1) is 16.7. The van der Waals surface area contributed by atoms with Crippen LogP contribution in [0.5, 0.6) is 0 Å². The fraction of sp³-hybridized carbons (Fsp3) is 0.400. The second-order valence-electron chi connectivity index (χ2n) is 4.67. The van der Waals surface area contributed by atoms with E-state index in [-0.39, 0.29) is 18.4 Å². The quantitative estimate of drug-likeness (QED) is 0.838. The molecule has 21 heavy (non-hydrogen) atoms. The van der Waals surface area contributed by atoms with Crippen molar-refractivity contribution in [1.82, 2.24) is 9.80 Å². The minimum absolute atomic E-state index is 0.0259. The number of nitrogens with two attached hydrogens (primary N) is 1. The Morgan fingerprint density at radius 1 is 1.00 bits per heavy atom. The van der Waals surface area contributed by atoms with Crippen LogP contribution in [0.2, 0.25) is 0 Å². The second-order valence-corrected chi connectivity index (χ2v) is 4.67. The molecule has 0 fully saturated rings. The van der Waals surface area contributed by atoms with Gasteiger partial charge in [0, 0.05) is 31.3 Å². The highest BCUT2D eigenvalue weighted by Gasteiger charge is 2.17. The van der Waals surface area contributed by atoms with Crippen LogP contribution < -0.4 is 5.73 Å². The van der Waals surface area contributed by atoms with Crippen molar-refractivity contribution in [2.45, 2.75) is 13.8 Å². The molecule has 6 nitrogen and oxygen atoms in total. The first-order chi connectivity index (χ1) is 9.90. The number of benzene rings is 1. The van der Waals surface area contributed by atoms with Crippen LogP contribution in [0.1, 0.15) is 34.6 Å². The SMILES string of the molecule is CCN(CC)C(=O)CN(C)C(=O)c1ccc(C(N)=O)cc1. The average Bonchev–Trinajstić information content (AvgIpc) is 2.47. The van der Waals surface area contributed by atoms with Crippen LogP contribution in [0.25, 0.3) is 0 Å². The van der Waals surface area contributed by atoms with Crippen molar-refractivity contribution in [1.29, 1.82) is 0 Å². The molecular formula is C15H21N3O3. The van der Waals surface area contributed by atoms with E-state index in [9.17, 15) is 14.4 Å². The zero-order valence-corrected chi connectivity index (χ0v) is 12.6. The van der Waals surface area contributed by atoms with Crippen molar-refractivity contribution in [3.63, 3.8) is 0 Å². The van der Waals surface area contributed by atoms with E-state index in [0.717, 1.165) is 0 Å². The van der Waals surface area contributed by atoms with E-state index in [1.807, 2.05) is 13.8 Å². The molecule has 0 aliphatic carbocycles. The molecule has 0 saturated heterocycles. The molecule has 114 valence electrons. The molecule has 6 heteroatoms. The third-order valence-electron chi connectivity index (χ3n) is 3.25. The molecule has 0 aliphatic heterocycles. The van der Waals surface area contributed by atoms with E-state index in [0.29, 0.717) is 24.2 Å². The number of primary amides is 1. The van der Waals surface area contributed by atoms with Crippen molar-refractivity contribution in [3.8, 4) is 0 Å². The Balaban J connectivity index is 2.74. The number of likely N-dealkylation sites (N-methyl/N-ethyl adjacent to an activating group) is 2. The summed E-state index contributed by atoms with van der Waals surface area (Å²) < 4.78 is 0. The van der Waals surface area contributed by atoms with E-state index in [2.05, 4.69) is 0 Å². The minimum atomic E-state index is -0.543. The van der Waals surface area contributed by atoms with Gasteiger partial charge < -0.3 is 15.5 Å². The number of hydrogen-bond donors (Lipinski definition) is 1. The van der Waals surface area contributed by atoms with Gasteiger partial charge in [0.05, 0.1) is 6.54 Å². The summed E-state index contributed by atoms with van der Waals surface area (Å²) in [4.78, 5) is 38.2. The van der Waals surface area contributed by atoms with Crippen molar-refractivity contribution in [3.05, 3.63) is 35.4 Å². The molecule has 0 bridgehead atoms. The molecule has 0 atom stereocenters. The first-order valence-corrected chi connectivity index (χ1v) is 6.83. The summed E-state index contributed by atoms with van der Waals surface area (Å²) in [6.07, 6.45) is 0. The summed E-state index contributed by atoms with van der Waals surface area (Å²) in [7, 11) is 1.58. The molecule has 0 spiro atoms. The number of hydrogen-bond acceptors (Lipinski definition) is 3. The summed E-state index contributed by atoms with van der Waals surface area (Å²) in [5, 5.41) is 0. The molecule has 0 aliphatic rings. The van der Waals surface area contributed by atoms with E-state index >= 15 is 0 Å². The van der Waals surface area contributed by atoms with Gasteiger partial charge in [-0.05, 0) is 38.1 Å². The molecule has 1 aromatic carbocycles. The van der Waals surface area contributed by atoms with E-state index < -0.39 is 5.91 Å². The van der Waals surface area contributed by atoms with Gasteiger partial charge in [-0.1, -0.05) is 0 Å². The Morgan fingerprint density at radius 3 is 1.90 bits per heavy atom. The Bertz CT molecular complexity index is 521. The van der Waals surface area contributed by atoms with Gasteiger partial charge in [0.15, 0.2) is 0 Å². The van der Waals surface area contributed by atoms with E-state index in [1.165, 1.54) is 29.2 Å². The molecule has 0 unspecified atom stereocenters. The highest BCUT2D eigenvalue weighted by Crippen LogP contribution is 2.07. The Hall–Kier alpha value is -2.37. The van der Waals surface area contributed by atoms with Crippen LogP contribution >= 0.6 is 0 Å². The maximum Gasteiger partial charge on any atom is 0.254 e. The monoisotopic (exact) mass is 291 g/mol. The molecule has 1 aromatic rings. The van der Waals surface area contributed by atoms with Crippen LogP contribution in [0.3, 0.4) is 0 Å². The molecule has 3 amide bonds. The minimum Gasteiger partial charge on any atom is -0.366 e. The standard InChI is InChI=1S/C15H21N3O3/c1-4-18(5-2)13(19)10-17(3)15(21)12-8-6-11(7-9-12)14(16)20/h6-9H,4-5,10H2,1-3H3,(H2,16,20). The van der Waals surface area contributed by atoms with Crippen LogP contribution in [0.15, 0.2) is 24.3 Å². The molecule has 2 N–H and O–H groups in total. The van der Waals surface area contributed by atoms with Crippen molar-refractivity contribution in [2.24, 2.45) is 5.73 Å². The number of carbonyl (C=O) groups is 3. The summed E-state index contributed by atoms with van der Waals surface area (Å²) in [6, 6.07) is 6.05. The van der Waals surface area contributed by atoms with Gasteiger partial charge in [-0.3, -0.25) is 14.4 Å². The lowest BCUT2D eigenvalue weighted by molar-refractivity contribution is -0.131. The third kappa shape index (κ3) is 4.30. The molecule has 0 saturated carbocycles. The van der Waals surface area contributed by atoms with Gasteiger partial charge in [-0.25, -0.2) is 0 Å². The van der Waals surface area contributed by atoms with Crippen LogP contribution in [0.4, 0.5) is 0 Å². The fourth-order valence-electron chi connectivity index (χ4n) is 1.95. The van der Waals surface area contributed by atoms with Crippen molar-refractivity contribution >= 4 is 17.7 Å². The Labute approximate surface area is 124 Å². The van der Waals surface area contributed by atoms with Crippen LogP contribution in [-0.4, -0.2) is 54.2 Å². The summed E-state index contributed by atoms with van der Waals surface area (Å²) in [6.45, 7) is 5.05. The van der Waals surface area contributed by atoms with E-state index in [1.54, 1.807) is 11.9 Å². The Morgan fingerprint density at radius 2 is 1.48 bits per heavy atom. The highest BCUT2D eigenvalue weighted by molar-refractivity contribution is 5.98. The third-order valence-corrected chi connectivity index (χ3v) is 3.25. The zero-order valence-electron chi connectivity index (χ0n) is 12.6. The number of nitrogens with zero attached hydrogens (tertiary/aromatic N) is 2. The first-order valence-electron chi connectivity index (χ1n) is 6.83. The number of amides is 3. The van der Waals surface area contributed by atoms with E-state index in [4.69, 9.17) is 5.73 Å². The lowest BCUT2D eigenvalue weighted by Crippen LogP contribution is -2.41. The second kappa shape index (κ2) is 7.42. The normalized spacial score (nSPS) is 10.0. The van der Waals surface area contributed by atoms with Gasteiger partial charge in [0.25, 0.3) is 5.91 Å². The predicted octanol–water partition coefficient (Wildman–Crippen LogP) is 0.726. The van der Waals surface area contributed by atoms with Gasteiger partial charge in [-0.2, -0.15) is 0 Å². The van der Waals surface area contributed by atoms with Crippen molar-refractivity contribution < 1.29 is 14.4 Å². The summed E-state index contributed by atoms with van der Waals surface area (Å²) in [5.74, 6) is -0.907. The van der Waals surface area contributed by atoms with Crippen molar-refractivity contribution in [2.75, 3.05) is 26.7 Å². The smallest absolute Gasteiger partial charge is 0.254 e. The molecule has 0 radical (unpaired) electrons. The largest absolute Gasteiger partial charge is 0.366 e. The van der Waals surface area contributed by atoms with Gasteiger partial charge >= 0.3 is 0 Å². The summed E-state index contributed by atoms with van der Waals surface area (Å²) >= 11 is 0. The Kier molecular flexibility index (Phi) is 5.90. The van der Waals surface area contributed by atoms with Gasteiger partial charge in [0.2, 0.25) is 11.8 Å². The lowest BCUT2D eigenvalue weighted by Gasteiger charge is -2.23. The maximum absolute atomic E-state index is 12.2. The zero-order chi connectivity index (χ0) is 16.0. The maximum atomic E-state index is 12.2. The fourth-order valence-corrected chi connectivity index (χ4v) is 1.95. The summed E-state index contributed by atoms with van der Waals surface area (Å²) in [5.41, 5.74) is 5.90. The topological polar surface area (TPSA) is 83.7 Å². The number of rotatable bonds is 6. The molecule has 0 aromatic heterocycles. The molecule has 0 heterocycles. The lowest BCUT2D eigenvalue weighted by atomic mass is 10.1. The predicted molar refractivity (Wildman–Crippen MR) is 79.8 cm³/mol. The van der Waals surface area contributed by atoms with Gasteiger partial charge in [-0.15, -0.1) is 0 Å². The molecule has 1 rings (SSSR count). The molecular weight excluding hydrogens is 270 g/mol. The average molecular weight is 291 g/mol. The van der Waals surface area contributed by atoms with Crippen LogP contribution in [0, 0.1) is 0 Å².